The number of rotatable bonds is 2. The van der Waals surface area contributed by atoms with Crippen LogP contribution in [0, 0.1) is 0 Å². The average Bonchev–Trinajstić information content (AvgIpc) is 2.45. The van der Waals surface area contributed by atoms with Crippen molar-refractivity contribution >= 4 is 11.0 Å². The summed E-state index contributed by atoms with van der Waals surface area (Å²) < 4.78 is 3.17. The summed E-state index contributed by atoms with van der Waals surface area (Å²) in [7, 11) is 1.73. The van der Waals surface area contributed by atoms with E-state index in [-0.39, 0.29) is 12.3 Å². The summed E-state index contributed by atoms with van der Waals surface area (Å²) in [6.07, 6.45) is 0. The number of nitrogens with zero attached hydrogens (tertiary/aromatic N) is 2. The third-order valence-electron chi connectivity index (χ3n) is 2.38. The quantitative estimate of drug-likeness (QED) is 0.745. The molecule has 0 saturated heterocycles. The number of hydrogen-bond donors (Lipinski definition) is 1. The van der Waals surface area contributed by atoms with Crippen LogP contribution in [-0.2, 0) is 13.6 Å². The van der Waals surface area contributed by atoms with Gasteiger partial charge in [-0.3, -0.25) is 9.13 Å². The van der Waals surface area contributed by atoms with Gasteiger partial charge < -0.3 is 5.11 Å². The predicted octanol–water partition coefficient (Wildman–Crippen LogP) is 0.332. The Labute approximate surface area is 81.0 Å². The number of aliphatic hydroxyl groups is 1. The Morgan fingerprint density at radius 2 is 1.93 bits per heavy atom. The molecule has 0 bridgehead atoms. The number of aliphatic hydroxyl groups excluding tert-OH is 1. The zero-order chi connectivity index (χ0) is 10.1. The number of benzene rings is 1. The molecular weight excluding hydrogens is 180 g/mol. The molecule has 4 heteroatoms. The second-order valence-electron chi connectivity index (χ2n) is 3.21. The molecule has 0 unspecified atom stereocenters. The van der Waals surface area contributed by atoms with Crippen LogP contribution in [-0.4, -0.2) is 20.8 Å². The first-order valence-corrected chi connectivity index (χ1v) is 4.51. The fourth-order valence-corrected chi connectivity index (χ4v) is 1.68. The van der Waals surface area contributed by atoms with E-state index in [1.54, 1.807) is 16.2 Å². The van der Waals surface area contributed by atoms with Crippen molar-refractivity contribution in [2.45, 2.75) is 6.54 Å². The van der Waals surface area contributed by atoms with E-state index in [0.717, 1.165) is 11.0 Å². The van der Waals surface area contributed by atoms with Crippen molar-refractivity contribution in [2.75, 3.05) is 6.61 Å². The SMILES string of the molecule is Cn1c(=O)n(CCO)c2ccccc21. The van der Waals surface area contributed by atoms with Crippen molar-refractivity contribution in [3.05, 3.63) is 34.7 Å². The number of aryl methyl sites for hydroxylation is 1. The lowest BCUT2D eigenvalue weighted by Crippen LogP contribution is -2.23. The van der Waals surface area contributed by atoms with Gasteiger partial charge in [0.1, 0.15) is 0 Å². The second-order valence-corrected chi connectivity index (χ2v) is 3.21. The molecule has 1 aromatic carbocycles. The maximum absolute atomic E-state index is 11.7. The second kappa shape index (κ2) is 3.31. The van der Waals surface area contributed by atoms with E-state index in [2.05, 4.69) is 0 Å². The Bertz CT molecular complexity index is 510. The highest BCUT2D eigenvalue weighted by Crippen LogP contribution is 2.10. The van der Waals surface area contributed by atoms with E-state index in [0.29, 0.717) is 6.54 Å². The molecule has 0 aliphatic carbocycles. The summed E-state index contributed by atoms with van der Waals surface area (Å²) in [5.41, 5.74) is 1.68. The number of hydrogen-bond acceptors (Lipinski definition) is 2. The molecule has 0 radical (unpaired) electrons. The highest BCUT2D eigenvalue weighted by molar-refractivity contribution is 5.75. The molecule has 0 atom stereocenters. The summed E-state index contributed by atoms with van der Waals surface area (Å²) in [4.78, 5) is 11.7. The minimum atomic E-state index is -0.0831. The van der Waals surface area contributed by atoms with E-state index in [1.165, 1.54) is 0 Å². The van der Waals surface area contributed by atoms with E-state index in [4.69, 9.17) is 5.11 Å². The monoisotopic (exact) mass is 192 g/mol. The molecule has 0 saturated carbocycles. The van der Waals surface area contributed by atoms with Gasteiger partial charge in [-0.25, -0.2) is 4.79 Å². The maximum atomic E-state index is 11.7. The van der Waals surface area contributed by atoms with Crippen LogP contribution in [0.25, 0.3) is 11.0 Å². The van der Waals surface area contributed by atoms with Crippen molar-refractivity contribution in [3.63, 3.8) is 0 Å². The molecule has 74 valence electrons. The van der Waals surface area contributed by atoms with Crippen LogP contribution in [0.3, 0.4) is 0 Å². The van der Waals surface area contributed by atoms with Gasteiger partial charge in [-0.1, -0.05) is 12.1 Å². The lowest BCUT2D eigenvalue weighted by molar-refractivity contribution is 0.275. The van der Waals surface area contributed by atoms with Gasteiger partial charge in [-0.15, -0.1) is 0 Å². The van der Waals surface area contributed by atoms with Gasteiger partial charge in [-0.05, 0) is 12.1 Å². The molecular formula is C10H12N2O2. The van der Waals surface area contributed by atoms with E-state index in [1.807, 2.05) is 24.3 Å². The Morgan fingerprint density at radius 3 is 2.57 bits per heavy atom. The minimum absolute atomic E-state index is 0.0199. The first-order valence-electron chi connectivity index (χ1n) is 4.51. The molecule has 0 spiro atoms. The van der Waals surface area contributed by atoms with Crippen molar-refractivity contribution in [2.24, 2.45) is 7.05 Å². The largest absolute Gasteiger partial charge is 0.395 e. The van der Waals surface area contributed by atoms with Crippen molar-refractivity contribution < 1.29 is 5.11 Å². The van der Waals surface area contributed by atoms with Crippen LogP contribution in [0.2, 0.25) is 0 Å². The van der Waals surface area contributed by atoms with Crippen LogP contribution in [0.4, 0.5) is 0 Å². The predicted molar refractivity (Wildman–Crippen MR) is 54.3 cm³/mol. The molecule has 0 fully saturated rings. The molecule has 0 aliphatic rings. The van der Waals surface area contributed by atoms with Gasteiger partial charge in [0.25, 0.3) is 0 Å². The van der Waals surface area contributed by atoms with Crippen LogP contribution in [0.15, 0.2) is 29.1 Å². The van der Waals surface area contributed by atoms with Crippen molar-refractivity contribution in [1.29, 1.82) is 0 Å². The molecule has 0 amide bonds. The van der Waals surface area contributed by atoms with E-state index >= 15 is 0 Å². The van der Waals surface area contributed by atoms with Crippen molar-refractivity contribution in [1.82, 2.24) is 9.13 Å². The number of fused-ring (bicyclic) bond motifs is 1. The standard InChI is InChI=1S/C10H12N2O2/c1-11-8-4-2-3-5-9(8)12(6-7-13)10(11)14/h2-5,13H,6-7H2,1H3. The average molecular weight is 192 g/mol. The summed E-state index contributed by atoms with van der Waals surface area (Å²) in [6.45, 7) is 0.327. The van der Waals surface area contributed by atoms with Gasteiger partial charge in [0.05, 0.1) is 24.2 Å². The molecule has 0 aliphatic heterocycles. The fraction of sp³-hybridized carbons (Fsp3) is 0.300. The molecule has 1 aromatic heterocycles. The minimum Gasteiger partial charge on any atom is -0.395 e. The Morgan fingerprint density at radius 1 is 1.29 bits per heavy atom. The summed E-state index contributed by atoms with van der Waals surface area (Å²) in [5, 5.41) is 8.84. The first-order chi connectivity index (χ1) is 6.75. The topological polar surface area (TPSA) is 47.2 Å². The molecule has 1 heterocycles. The molecule has 4 nitrogen and oxygen atoms in total. The molecule has 14 heavy (non-hydrogen) atoms. The third-order valence-corrected chi connectivity index (χ3v) is 2.38. The van der Waals surface area contributed by atoms with E-state index in [9.17, 15) is 4.79 Å². The van der Waals surface area contributed by atoms with Gasteiger partial charge in [0.15, 0.2) is 0 Å². The van der Waals surface area contributed by atoms with Gasteiger partial charge in [0.2, 0.25) is 0 Å². The van der Waals surface area contributed by atoms with Gasteiger partial charge in [0, 0.05) is 7.05 Å². The Hall–Kier alpha value is -1.55. The zero-order valence-corrected chi connectivity index (χ0v) is 7.97. The molecule has 1 N–H and O–H groups in total. The fourth-order valence-electron chi connectivity index (χ4n) is 1.68. The summed E-state index contributed by atoms with van der Waals surface area (Å²) in [6, 6.07) is 7.55. The van der Waals surface area contributed by atoms with Crippen LogP contribution in [0.1, 0.15) is 0 Å². The van der Waals surface area contributed by atoms with Gasteiger partial charge >= 0.3 is 5.69 Å². The maximum Gasteiger partial charge on any atom is 0.328 e. The Balaban J connectivity index is 2.81. The van der Waals surface area contributed by atoms with Gasteiger partial charge in [-0.2, -0.15) is 0 Å². The van der Waals surface area contributed by atoms with Crippen LogP contribution in [0.5, 0.6) is 0 Å². The zero-order valence-electron chi connectivity index (χ0n) is 7.97. The van der Waals surface area contributed by atoms with Crippen LogP contribution >= 0.6 is 0 Å². The Kier molecular flexibility index (Phi) is 2.13. The normalized spacial score (nSPS) is 11.0. The highest BCUT2D eigenvalue weighted by atomic mass is 16.3. The van der Waals surface area contributed by atoms with Crippen LogP contribution < -0.4 is 5.69 Å². The number of aromatic nitrogens is 2. The summed E-state index contributed by atoms with van der Waals surface area (Å²) >= 11 is 0. The van der Waals surface area contributed by atoms with Crippen molar-refractivity contribution in [3.8, 4) is 0 Å². The first kappa shape index (κ1) is 9.02. The van der Waals surface area contributed by atoms with E-state index < -0.39 is 0 Å². The lowest BCUT2D eigenvalue weighted by atomic mass is 10.3. The highest BCUT2D eigenvalue weighted by Gasteiger charge is 2.08. The third kappa shape index (κ3) is 1.15. The lowest BCUT2D eigenvalue weighted by Gasteiger charge is -1.97. The number of imidazole rings is 1. The number of para-hydroxylation sites is 2. The smallest absolute Gasteiger partial charge is 0.328 e. The summed E-state index contributed by atoms with van der Waals surface area (Å²) in [5.74, 6) is 0. The molecule has 2 aromatic rings. The molecule has 2 rings (SSSR count).